The monoisotopic (exact) mass is 517 g/mol. The van der Waals surface area contributed by atoms with Crippen molar-refractivity contribution in [3.05, 3.63) is 27.6 Å². The summed E-state index contributed by atoms with van der Waals surface area (Å²) in [5.74, 6) is -2.01. The van der Waals surface area contributed by atoms with E-state index >= 15 is 0 Å². The number of nitrogens with zero attached hydrogens (tertiary/aromatic N) is 3. The second-order valence-corrected chi connectivity index (χ2v) is 11.1. The average molecular weight is 518 g/mol. The molecule has 1 aliphatic carbocycles. The van der Waals surface area contributed by atoms with E-state index in [1.54, 1.807) is 27.7 Å². The van der Waals surface area contributed by atoms with Crippen LogP contribution < -0.4 is 16.2 Å². The number of carbonyl (C=O) groups is 3. The van der Waals surface area contributed by atoms with Crippen LogP contribution in [0.5, 0.6) is 5.88 Å². The molecule has 3 rings (SSSR count). The molecular weight excluding hydrogens is 482 g/mol. The van der Waals surface area contributed by atoms with Crippen LogP contribution in [-0.4, -0.2) is 55.5 Å². The zero-order chi connectivity index (χ0) is 27.7. The number of anilines is 1. The van der Waals surface area contributed by atoms with Gasteiger partial charge in [-0.3, -0.25) is 19.5 Å². The lowest BCUT2D eigenvalue weighted by Gasteiger charge is -2.23. The molecular formula is C25H35N5O7. The van der Waals surface area contributed by atoms with E-state index in [0.29, 0.717) is 0 Å². The third-order valence-corrected chi connectivity index (χ3v) is 5.10. The third kappa shape index (κ3) is 6.89. The number of esters is 1. The van der Waals surface area contributed by atoms with Gasteiger partial charge in [-0.2, -0.15) is 4.52 Å². The van der Waals surface area contributed by atoms with Crippen molar-refractivity contribution in [2.45, 2.75) is 79.5 Å². The lowest BCUT2D eigenvalue weighted by atomic mass is 9.96. The van der Waals surface area contributed by atoms with Crippen molar-refractivity contribution in [2.75, 3.05) is 11.9 Å². The Morgan fingerprint density at radius 2 is 1.81 bits per heavy atom. The fraction of sp³-hybridized carbons (Fsp3) is 0.560. The van der Waals surface area contributed by atoms with Gasteiger partial charge in [0.1, 0.15) is 5.60 Å². The van der Waals surface area contributed by atoms with Gasteiger partial charge in [0.25, 0.3) is 11.5 Å². The number of fused-ring (bicyclic) bond motifs is 1. The van der Waals surface area contributed by atoms with Gasteiger partial charge >= 0.3 is 12.1 Å². The summed E-state index contributed by atoms with van der Waals surface area (Å²) in [5, 5.41) is 20.7. The Hall–Kier alpha value is -3.83. The first-order chi connectivity index (χ1) is 17.1. The van der Waals surface area contributed by atoms with Gasteiger partial charge in [0.05, 0.1) is 12.2 Å². The molecule has 37 heavy (non-hydrogen) atoms. The molecule has 12 nitrogen and oxygen atoms in total. The number of aromatic nitrogens is 3. The van der Waals surface area contributed by atoms with Crippen LogP contribution in [0.15, 0.2) is 10.9 Å². The molecule has 3 N–H and O–H groups in total. The Balaban J connectivity index is 2.29. The van der Waals surface area contributed by atoms with Crippen molar-refractivity contribution in [3.8, 4) is 5.88 Å². The Morgan fingerprint density at radius 3 is 2.35 bits per heavy atom. The van der Waals surface area contributed by atoms with Crippen LogP contribution in [0, 0.1) is 5.41 Å². The van der Waals surface area contributed by atoms with E-state index < -0.39 is 46.0 Å². The molecule has 0 spiro atoms. The molecule has 0 radical (unpaired) electrons. The fourth-order valence-corrected chi connectivity index (χ4v) is 3.56. The highest BCUT2D eigenvalue weighted by molar-refractivity contribution is 5.98. The molecule has 0 unspecified atom stereocenters. The summed E-state index contributed by atoms with van der Waals surface area (Å²) >= 11 is 0. The van der Waals surface area contributed by atoms with Crippen molar-refractivity contribution in [2.24, 2.45) is 5.41 Å². The highest BCUT2D eigenvalue weighted by Gasteiger charge is 2.32. The van der Waals surface area contributed by atoms with Crippen LogP contribution >= 0.6 is 0 Å². The van der Waals surface area contributed by atoms with Crippen molar-refractivity contribution in [1.29, 1.82) is 0 Å². The molecule has 0 aliphatic heterocycles. The zero-order valence-corrected chi connectivity index (χ0v) is 22.3. The molecule has 202 valence electrons. The molecule has 12 heteroatoms. The predicted molar refractivity (Wildman–Crippen MR) is 137 cm³/mol. The van der Waals surface area contributed by atoms with E-state index in [9.17, 15) is 24.3 Å². The molecule has 2 amide bonds. The van der Waals surface area contributed by atoms with Crippen molar-refractivity contribution < 1.29 is 29.0 Å². The molecule has 1 fully saturated rings. The van der Waals surface area contributed by atoms with E-state index in [1.165, 1.54) is 10.6 Å². The standard InChI is InChI=1S/C25H35N5O7/c1-8-36-16(31)12-11-15-18(27-23(35)37-25(5,6)7)28-30-20(15)29(13-24(2,3)4)21(33)17(22(30)34)19(32)26-14-9-10-14/h11-12,14,33H,8-10,13H2,1-7H3,(H,26,32)(H,27,28,35)/b12-11+. The minimum atomic E-state index is -0.876. The van der Waals surface area contributed by atoms with Gasteiger partial charge in [-0.15, -0.1) is 5.10 Å². The lowest BCUT2D eigenvalue weighted by Crippen LogP contribution is -2.35. The number of rotatable bonds is 7. The first-order valence-corrected chi connectivity index (χ1v) is 12.2. The van der Waals surface area contributed by atoms with Gasteiger partial charge in [0.15, 0.2) is 17.0 Å². The number of aromatic hydroxyl groups is 1. The molecule has 2 aromatic rings. The predicted octanol–water partition coefficient (Wildman–Crippen LogP) is 3.06. The minimum Gasteiger partial charge on any atom is -0.494 e. The molecule has 0 aromatic carbocycles. The van der Waals surface area contributed by atoms with Crippen LogP contribution in [-0.2, 0) is 20.8 Å². The zero-order valence-electron chi connectivity index (χ0n) is 22.3. The molecule has 0 bridgehead atoms. The normalized spacial score (nSPS) is 14.1. The number of nitrogens with one attached hydrogen (secondary N) is 2. The Morgan fingerprint density at radius 1 is 1.16 bits per heavy atom. The van der Waals surface area contributed by atoms with Gasteiger partial charge in [0, 0.05) is 18.7 Å². The molecule has 0 atom stereocenters. The van der Waals surface area contributed by atoms with Crippen LogP contribution in [0.3, 0.4) is 0 Å². The van der Waals surface area contributed by atoms with Crippen LogP contribution in [0.2, 0.25) is 0 Å². The van der Waals surface area contributed by atoms with Crippen LogP contribution in [0.4, 0.5) is 10.6 Å². The summed E-state index contributed by atoms with van der Waals surface area (Å²) < 4.78 is 12.6. The van der Waals surface area contributed by atoms with Crippen molar-refractivity contribution in [3.63, 3.8) is 0 Å². The maximum absolute atomic E-state index is 13.4. The van der Waals surface area contributed by atoms with Gasteiger partial charge < -0.3 is 19.9 Å². The molecule has 0 saturated heterocycles. The summed E-state index contributed by atoms with van der Waals surface area (Å²) in [6.45, 7) is 12.8. The van der Waals surface area contributed by atoms with E-state index in [1.807, 2.05) is 20.8 Å². The average Bonchev–Trinajstić information content (AvgIpc) is 3.47. The van der Waals surface area contributed by atoms with Gasteiger partial charge in [0.2, 0.25) is 5.88 Å². The number of hydrogen-bond donors (Lipinski definition) is 3. The van der Waals surface area contributed by atoms with Crippen molar-refractivity contribution in [1.82, 2.24) is 19.5 Å². The largest absolute Gasteiger partial charge is 0.494 e. The molecule has 1 saturated carbocycles. The van der Waals surface area contributed by atoms with E-state index in [-0.39, 0.29) is 36.2 Å². The summed E-state index contributed by atoms with van der Waals surface area (Å²) in [5.41, 5.74) is -2.35. The Kier molecular flexibility index (Phi) is 7.70. The van der Waals surface area contributed by atoms with E-state index in [2.05, 4.69) is 15.7 Å². The second-order valence-electron chi connectivity index (χ2n) is 11.1. The Labute approximate surface area is 214 Å². The molecule has 2 aromatic heterocycles. The smallest absolute Gasteiger partial charge is 0.413 e. The number of hydrogen-bond acceptors (Lipinski definition) is 8. The summed E-state index contributed by atoms with van der Waals surface area (Å²) in [6, 6.07) is -0.0526. The summed E-state index contributed by atoms with van der Waals surface area (Å²) in [6.07, 6.45) is 3.19. The SMILES string of the molecule is CCOC(=O)/C=C/c1c(NC(=O)OC(C)(C)C)nn2c(=O)c(C(=O)NC3CC3)c(O)n(CC(C)(C)C)c12. The van der Waals surface area contributed by atoms with E-state index in [0.717, 1.165) is 23.4 Å². The Bertz CT molecular complexity index is 1300. The maximum Gasteiger partial charge on any atom is 0.413 e. The summed E-state index contributed by atoms with van der Waals surface area (Å²) in [7, 11) is 0. The van der Waals surface area contributed by atoms with Crippen LogP contribution in [0.25, 0.3) is 11.7 Å². The first kappa shape index (κ1) is 27.8. The topological polar surface area (TPSA) is 153 Å². The fourth-order valence-electron chi connectivity index (χ4n) is 3.56. The number of carbonyl (C=O) groups excluding carboxylic acids is 3. The van der Waals surface area contributed by atoms with Gasteiger partial charge in [-0.25, -0.2) is 9.59 Å². The first-order valence-electron chi connectivity index (χ1n) is 12.2. The second kappa shape index (κ2) is 10.3. The van der Waals surface area contributed by atoms with Gasteiger partial charge in [-0.1, -0.05) is 20.8 Å². The molecule has 1 aliphatic rings. The van der Waals surface area contributed by atoms with Gasteiger partial charge in [-0.05, 0) is 52.0 Å². The third-order valence-electron chi connectivity index (χ3n) is 5.10. The number of amides is 2. The van der Waals surface area contributed by atoms with Crippen LogP contribution in [0.1, 0.15) is 77.2 Å². The highest BCUT2D eigenvalue weighted by Crippen LogP contribution is 2.30. The summed E-state index contributed by atoms with van der Waals surface area (Å²) in [4.78, 5) is 51.0. The highest BCUT2D eigenvalue weighted by atomic mass is 16.6. The van der Waals surface area contributed by atoms with E-state index in [4.69, 9.17) is 9.47 Å². The quantitative estimate of drug-likeness (QED) is 0.374. The van der Waals surface area contributed by atoms with Crippen molar-refractivity contribution >= 4 is 35.5 Å². The minimum absolute atomic E-state index is 0.0526. The maximum atomic E-state index is 13.4. The molecule has 2 heterocycles. The number of ether oxygens (including phenoxy) is 2. The lowest BCUT2D eigenvalue weighted by molar-refractivity contribution is -0.137.